The molecule has 104 valence electrons. The van der Waals surface area contributed by atoms with Crippen LogP contribution in [0.15, 0.2) is 41.8 Å². The Morgan fingerprint density at radius 3 is 2.74 bits per heavy atom. The van der Waals surface area contributed by atoms with Crippen LogP contribution >= 0.6 is 0 Å². The molecule has 0 unspecified atom stereocenters. The first-order chi connectivity index (χ1) is 8.89. The number of carboxylic acids is 1. The van der Waals surface area contributed by atoms with Crippen molar-refractivity contribution in [3.05, 3.63) is 42.5 Å². The number of rotatable bonds is 7. The number of sulfonamides is 1. The highest BCUT2D eigenvalue weighted by molar-refractivity contribution is 7.89. The number of hydrogen-bond acceptors (Lipinski definition) is 3. The normalized spacial score (nSPS) is 11.5. The van der Waals surface area contributed by atoms with Gasteiger partial charge in [0.05, 0.1) is 10.5 Å². The third kappa shape index (κ3) is 3.90. The Balaban J connectivity index is 2.96. The van der Waals surface area contributed by atoms with Gasteiger partial charge in [-0.25, -0.2) is 17.5 Å². The molecule has 0 bridgehead atoms. The maximum Gasteiger partial charge on any atom is 0.335 e. The summed E-state index contributed by atoms with van der Waals surface area (Å²) in [6.07, 6.45) is 3.14. The van der Waals surface area contributed by atoms with Gasteiger partial charge >= 0.3 is 5.97 Å². The van der Waals surface area contributed by atoms with E-state index in [0.717, 1.165) is 6.42 Å². The highest BCUT2D eigenvalue weighted by atomic mass is 32.2. The number of benzene rings is 1. The van der Waals surface area contributed by atoms with Crippen molar-refractivity contribution in [3.8, 4) is 0 Å². The molecule has 1 rings (SSSR count). The molecule has 1 N–H and O–H groups in total. The van der Waals surface area contributed by atoms with E-state index in [1.165, 1.54) is 35.6 Å². The Bertz CT molecular complexity index is 566. The standard InChI is InChI=1S/C13H17NO4S/c1-3-4-5-9-14(2)19(17,18)12-8-6-7-11(10-12)13(15)16/h3,6-8,10H,1,4-5,9H2,2H3,(H,15,16). The minimum absolute atomic E-state index is 0.00602. The minimum atomic E-state index is -3.64. The van der Waals surface area contributed by atoms with E-state index < -0.39 is 16.0 Å². The van der Waals surface area contributed by atoms with Gasteiger partial charge in [0.25, 0.3) is 0 Å². The van der Waals surface area contributed by atoms with E-state index in [4.69, 9.17) is 5.11 Å². The monoisotopic (exact) mass is 283 g/mol. The van der Waals surface area contributed by atoms with Crippen LogP contribution in [0, 0.1) is 0 Å². The fraction of sp³-hybridized carbons (Fsp3) is 0.308. The molecule has 1 aromatic carbocycles. The van der Waals surface area contributed by atoms with Gasteiger partial charge in [-0.2, -0.15) is 0 Å². The van der Waals surface area contributed by atoms with E-state index in [9.17, 15) is 13.2 Å². The molecule has 0 aliphatic carbocycles. The second-order valence-electron chi connectivity index (χ2n) is 4.09. The molecule has 0 aliphatic rings. The molecule has 0 heterocycles. The predicted octanol–water partition coefficient (Wildman–Crippen LogP) is 1.97. The van der Waals surface area contributed by atoms with E-state index in [-0.39, 0.29) is 10.5 Å². The minimum Gasteiger partial charge on any atom is -0.478 e. The number of allylic oxidation sites excluding steroid dienone is 1. The zero-order valence-electron chi connectivity index (χ0n) is 10.7. The lowest BCUT2D eigenvalue weighted by Gasteiger charge is -2.17. The zero-order chi connectivity index (χ0) is 14.5. The SMILES string of the molecule is C=CCCCN(C)S(=O)(=O)c1cccc(C(=O)O)c1. The molecule has 0 aromatic heterocycles. The summed E-state index contributed by atoms with van der Waals surface area (Å²) >= 11 is 0. The average molecular weight is 283 g/mol. The van der Waals surface area contributed by atoms with Crippen LogP contribution in [-0.2, 0) is 10.0 Å². The number of aromatic carboxylic acids is 1. The smallest absolute Gasteiger partial charge is 0.335 e. The summed E-state index contributed by atoms with van der Waals surface area (Å²) in [6.45, 7) is 3.94. The van der Waals surface area contributed by atoms with Crippen molar-refractivity contribution in [2.75, 3.05) is 13.6 Å². The van der Waals surface area contributed by atoms with Crippen LogP contribution in [-0.4, -0.2) is 37.4 Å². The second-order valence-corrected chi connectivity index (χ2v) is 6.14. The van der Waals surface area contributed by atoms with E-state index in [2.05, 4.69) is 6.58 Å². The maximum absolute atomic E-state index is 12.2. The quantitative estimate of drug-likeness (QED) is 0.613. The number of hydrogen-bond donors (Lipinski definition) is 1. The number of unbranched alkanes of at least 4 members (excludes halogenated alkanes) is 1. The average Bonchev–Trinajstić information content (AvgIpc) is 2.39. The van der Waals surface area contributed by atoms with Crippen molar-refractivity contribution in [2.45, 2.75) is 17.7 Å². The van der Waals surface area contributed by atoms with Crippen molar-refractivity contribution >= 4 is 16.0 Å². The van der Waals surface area contributed by atoms with Crippen LogP contribution in [0.2, 0.25) is 0 Å². The van der Waals surface area contributed by atoms with E-state index in [1.54, 1.807) is 6.08 Å². The van der Waals surface area contributed by atoms with Crippen LogP contribution in [0.3, 0.4) is 0 Å². The third-order valence-electron chi connectivity index (χ3n) is 2.67. The second kappa shape index (κ2) is 6.49. The molecule has 19 heavy (non-hydrogen) atoms. The fourth-order valence-corrected chi connectivity index (χ4v) is 2.80. The molecule has 0 saturated heterocycles. The van der Waals surface area contributed by atoms with Gasteiger partial charge in [-0.3, -0.25) is 0 Å². The molecular weight excluding hydrogens is 266 g/mol. The molecule has 0 saturated carbocycles. The number of nitrogens with zero attached hydrogens (tertiary/aromatic N) is 1. The third-order valence-corrected chi connectivity index (χ3v) is 4.52. The van der Waals surface area contributed by atoms with Crippen LogP contribution in [0.5, 0.6) is 0 Å². The Kier molecular flexibility index (Phi) is 5.26. The molecule has 5 nitrogen and oxygen atoms in total. The molecule has 0 amide bonds. The first-order valence-corrected chi connectivity index (χ1v) is 7.24. The van der Waals surface area contributed by atoms with E-state index >= 15 is 0 Å². The maximum atomic E-state index is 12.2. The van der Waals surface area contributed by atoms with Crippen LogP contribution in [0.25, 0.3) is 0 Å². The van der Waals surface area contributed by atoms with Crippen molar-refractivity contribution in [3.63, 3.8) is 0 Å². The summed E-state index contributed by atoms with van der Waals surface area (Å²) < 4.78 is 25.6. The fourth-order valence-electron chi connectivity index (χ4n) is 1.55. The Morgan fingerprint density at radius 1 is 1.47 bits per heavy atom. The van der Waals surface area contributed by atoms with E-state index in [1.807, 2.05) is 0 Å². The highest BCUT2D eigenvalue weighted by Gasteiger charge is 2.21. The largest absolute Gasteiger partial charge is 0.478 e. The zero-order valence-corrected chi connectivity index (χ0v) is 11.6. The lowest BCUT2D eigenvalue weighted by atomic mass is 10.2. The predicted molar refractivity (Wildman–Crippen MR) is 72.6 cm³/mol. The first kappa shape index (κ1) is 15.4. The van der Waals surface area contributed by atoms with Crippen LogP contribution in [0.1, 0.15) is 23.2 Å². The van der Waals surface area contributed by atoms with Crippen molar-refractivity contribution in [1.29, 1.82) is 0 Å². The van der Waals surface area contributed by atoms with Gasteiger partial charge in [0.1, 0.15) is 0 Å². The lowest BCUT2D eigenvalue weighted by molar-refractivity contribution is 0.0696. The van der Waals surface area contributed by atoms with Gasteiger partial charge in [0.2, 0.25) is 10.0 Å². The highest BCUT2D eigenvalue weighted by Crippen LogP contribution is 2.16. The molecule has 1 aromatic rings. The van der Waals surface area contributed by atoms with Crippen molar-refractivity contribution in [2.24, 2.45) is 0 Å². The van der Waals surface area contributed by atoms with Gasteiger partial charge in [-0.15, -0.1) is 6.58 Å². The Labute approximate surface area is 113 Å². The topological polar surface area (TPSA) is 74.7 Å². The number of carbonyl (C=O) groups is 1. The van der Waals surface area contributed by atoms with Gasteiger partial charge in [-0.1, -0.05) is 12.1 Å². The van der Waals surface area contributed by atoms with Gasteiger partial charge in [-0.05, 0) is 31.0 Å². The Hall–Kier alpha value is -1.66. The summed E-state index contributed by atoms with van der Waals surface area (Å²) in [4.78, 5) is 10.8. The van der Waals surface area contributed by atoms with Crippen LogP contribution in [0.4, 0.5) is 0 Å². The lowest BCUT2D eigenvalue weighted by Crippen LogP contribution is -2.28. The van der Waals surface area contributed by atoms with Crippen molar-refractivity contribution < 1.29 is 18.3 Å². The summed E-state index contributed by atoms with van der Waals surface area (Å²) in [5.41, 5.74) is -0.0411. The molecule has 0 fully saturated rings. The molecule has 6 heteroatoms. The van der Waals surface area contributed by atoms with Crippen molar-refractivity contribution in [1.82, 2.24) is 4.31 Å². The van der Waals surface area contributed by atoms with Crippen LogP contribution < -0.4 is 0 Å². The number of carboxylic acid groups (broad SMARTS) is 1. The Morgan fingerprint density at radius 2 is 2.16 bits per heavy atom. The van der Waals surface area contributed by atoms with Gasteiger partial charge < -0.3 is 5.11 Å². The van der Waals surface area contributed by atoms with Gasteiger partial charge in [0, 0.05) is 13.6 Å². The van der Waals surface area contributed by atoms with E-state index in [0.29, 0.717) is 13.0 Å². The molecule has 0 spiro atoms. The first-order valence-electron chi connectivity index (χ1n) is 5.80. The molecule has 0 aliphatic heterocycles. The molecule has 0 atom stereocenters. The molecular formula is C13H17NO4S. The summed E-state index contributed by atoms with van der Waals surface area (Å²) in [7, 11) is -2.16. The van der Waals surface area contributed by atoms with Gasteiger partial charge in [0.15, 0.2) is 0 Å². The summed E-state index contributed by atoms with van der Waals surface area (Å²) in [6, 6.07) is 5.35. The summed E-state index contributed by atoms with van der Waals surface area (Å²) in [5, 5.41) is 8.87. The molecule has 0 radical (unpaired) electrons. The summed E-state index contributed by atoms with van der Waals surface area (Å²) in [5.74, 6) is -1.15.